The first-order chi connectivity index (χ1) is 17.0. The molecule has 0 spiro atoms. The molecule has 0 aliphatic rings. The van der Waals surface area contributed by atoms with Gasteiger partial charge >= 0.3 is 6.09 Å². The summed E-state index contributed by atoms with van der Waals surface area (Å²) in [7, 11) is -2.85. The number of benzene rings is 3. The van der Waals surface area contributed by atoms with Crippen LogP contribution in [-0.2, 0) is 19.6 Å². The molecular formula is C27H30N2O6S. The molecule has 0 saturated heterocycles. The van der Waals surface area contributed by atoms with Crippen LogP contribution in [0.5, 0.6) is 5.75 Å². The highest BCUT2D eigenvalue weighted by molar-refractivity contribution is 7.89. The number of nitrogens with one attached hydrogen (secondary N) is 1. The molecule has 1 unspecified atom stereocenters. The molecule has 190 valence electrons. The first-order valence-corrected chi connectivity index (χ1v) is 12.8. The molecule has 36 heavy (non-hydrogen) atoms. The summed E-state index contributed by atoms with van der Waals surface area (Å²) in [5, 5.41) is 2.76. The van der Waals surface area contributed by atoms with E-state index in [2.05, 4.69) is 5.32 Å². The van der Waals surface area contributed by atoms with Crippen molar-refractivity contribution in [1.29, 1.82) is 0 Å². The molecular weight excluding hydrogens is 480 g/mol. The Morgan fingerprint density at radius 1 is 0.889 bits per heavy atom. The van der Waals surface area contributed by atoms with Gasteiger partial charge in [-0.1, -0.05) is 48.5 Å². The van der Waals surface area contributed by atoms with E-state index < -0.39 is 33.7 Å². The highest BCUT2D eigenvalue weighted by atomic mass is 32.2. The normalized spacial score (nSPS) is 12.3. The van der Waals surface area contributed by atoms with Gasteiger partial charge in [-0.2, -0.15) is 4.31 Å². The Morgan fingerprint density at radius 3 is 1.97 bits per heavy atom. The van der Waals surface area contributed by atoms with E-state index in [1.807, 2.05) is 0 Å². The van der Waals surface area contributed by atoms with Gasteiger partial charge in [-0.25, -0.2) is 13.2 Å². The number of nitrogens with zero attached hydrogens (tertiary/aromatic N) is 1. The third-order valence-electron chi connectivity index (χ3n) is 5.09. The molecule has 1 atom stereocenters. The second kappa shape index (κ2) is 11.3. The number of rotatable bonds is 8. The smallest absolute Gasteiger partial charge is 0.424 e. The largest absolute Gasteiger partial charge is 0.497 e. The number of amides is 2. The third-order valence-corrected chi connectivity index (χ3v) is 6.88. The molecule has 0 aliphatic carbocycles. The van der Waals surface area contributed by atoms with Crippen LogP contribution in [0.1, 0.15) is 38.8 Å². The van der Waals surface area contributed by atoms with Crippen LogP contribution in [0.25, 0.3) is 0 Å². The fourth-order valence-electron chi connectivity index (χ4n) is 3.48. The van der Waals surface area contributed by atoms with Crippen molar-refractivity contribution in [2.75, 3.05) is 12.4 Å². The minimum absolute atomic E-state index is 0.0904. The molecule has 0 saturated carbocycles. The lowest BCUT2D eigenvalue weighted by Gasteiger charge is -2.33. The molecule has 0 aromatic heterocycles. The molecule has 0 fully saturated rings. The molecule has 2 amide bonds. The van der Waals surface area contributed by atoms with Gasteiger partial charge in [0, 0.05) is 5.69 Å². The molecule has 0 bridgehead atoms. The van der Waals surface area contributed by atoms with Crippen molar-refractivity contribution < 1.29 is 27.5 Å². The van der Waals surface area contributed by atoms with Crippen LogP contribution in [0.15, 0.2) is 89.8 Å². The fraction of sp³-hybridized carbons (Fsp3) is 0.259. The van der Waals surface area contributed by atoms with Gasteiger partial charge in [-0.15, -0.1) is 0 Å². The summed E-state index contributed by atoms with van der Waals surface area (Å²) in [6, 6.07) is 21.7. The molecule has 8 nitrogen and oxygen atoms in total. The van der Waals surface area contributed by atoms with Gasteiger partial charge in [-0.3, -0.25) is 4.79 Å². The molecule has 9 heteroatoms. The molecule has 3 rings (SSSR count). The van der Waals surface area contributed by atoms with Crippen molar-refractivity contribution in [2.45, 2.75) is 43.7 Å². The average molecular weight is 511 g/mol. The predicted octanol–water partition coefficient (Wildman–Crippen LogP) is 5.39. The second-order valence-corrected chi connectivity index (χ2v) is 10.8. The third kappa shape index (κ3) is 6.85. The summed E-state index contributed by atoms with van der Waals surface area (Å²) in [6.45, 7) is 4.93. The van der Waals surface area contributed by atoms with E-state index in [1.54, 1.807) is 93.6 Å². The zero-order valence-electron chi connectivity index (χ0n) is 20.7. The Balaban J connectivity index is 2.04. The van der Waals surface area contributed by atoms with Crippen molar-refractivity contribution in [3.63, 3.8) is 0 Å². The topological polar surface area (TPSA) is 102 Å². The van der Waals surface area contributed by atoms with E-state index in [0.29, 0.717) is 21.3 Å². The molecule has 0 heterocycles. The highest BCUT2D eigenvalue weighted by Gasteiger charge is 2.40. The van der Waals surface area contributed by atoms with Crippen LogP contribution in [0.3, 0.4) is 0 Å². The average Bonchev–Trinajstić information content (AvgIpc) is 2.84. The highest BCUT2D eigenvalue weighted by Crippen LogP contribution is 2.33. The maximum absolute atomic E-state index is 13.8. The number of methoxy groups -OCH3 is 1. The van der Waals surface area contributed by atoms with Gasteiger partial charge < -0.3 is 14.8 Å². The summed E-state index contributed by atoms with van der Waals surface area (Å²) >= 11 is 0. The number of ether oxygens (including phenoxy) is 2. The Morgan fingerprint density at radius 2 is 1.44 bits per heavy atom. The number of hydrogen-bond acceptors (Lipinski definition) is 6. The van der Waals surface area contributed by atoms with E-state index in [1.165, 1.54) is 19.2 Å². The van der Waals surface area contributed by atoms with Gasteiger partial charge in [0.2, 0.25) is 5.91 Å². The van der Waals surface area contributed by atoms with E-state index in [0.717, 1.165) is 0 Å². The molecule has 3 aromatic rings. The molecule has 0 aliphatic heterocycles. The number of carbonyl (C=O) groups is 2. The fourth-order valence-corrected chi connectivity index (χ4v) is 4.97. The summed E-state index contributed by atoms with van der Waals surface area (Å²) in [4.78, 5) is 26.4. The van der Waals surface area contributed by atoms with Gasteiger partial charge in [-0.05, 0) is 62.7 Å². The maximum atomic E-state index is 13.8. The summed E-state index contributed by atoms with van der Waals surface area (Å²) < 4.78 is 38.8. The lowest BCUT2D eigenvalue weighted by Crippen LogP contribution is -2.44. The van der Waals surface area contributed by atoms with Crippen LogP contribution in [0.2, 0.25) is 0 Å². The van der Waals surface area contributed by atoms with E-state index in [4.69, 9.17) is 9.47 Å². The van der Waals surface area contributed by atoms with Gasteiger partial charge in [0.05, 0.1) is 24.5 Å². The summed E-state index contributed by atoms with van der Waals surface area (Å²) in [5.41, 5.74) is 0.00352. The molecule has 0 radical (unpaired) electrons. The van der Waals surface area contributed by atoms with Crippen LogP contribution in [-0.4, -0.2) is 37.4 Å². The zero-order chi connectivity index (χ0) is 26.3. The quantitative estimate of drug-likeness (QED) is 0.436. The number of carbonyl (C=O) groups excluding carboxylic acids is 2. The summed E-state index contributed by atoms with van der Waals surface area (Å²) in [5.74, 6) is 0.144. The Hall–Kier alpha value is -3.85. The van der Waals surface area contributed by atoms with Crippen molar-refractivity contribution in [3.8, 4) is 5.75 Å². The van der Waals surface area contributed by atoms with Crippen LogP contribution in [0.4, 0.5) is 10.5 Å². The number of hydrogen-bond donors (Lipinski definition) is 1. The van der Waals surface area contributed by atoms with E-state index >= 15 is 0 Å². The first kappa shape index (κ1) is 26.7. The molecule has 3 aromatic carbocycles. The minimum atomic E-state index is -4.39. The minimum Gasteiger partial charge on any atom is -0.497 e. The van der Waals surface area contributed by atoms with Crippen LogP contribution < -0.4 is 10.1 Å². The Labute approximate surface area is 211 Å². The van der Waals surface area contributed by atoms with E-state index in [9.17, 15) is 18.0 Å². The van der Waals surface area contributed by atoms with Crippen molar-refractivity contribution >= 4 is 27.7 Å². The lowest BCUT2D eigenvalue weighted by atomic mass is 10.0. The van der Waals surface area contributed by atoms with Gasteiger partial charge in [0.25, 0.3) is 10.0 Å². The van der Waals surface area contributed by atoms with Crippen LogP contribution >= 0.6 is 0 Å². The summed E-state index contributed by atoms with van der Waals surface area (Å²) in [6.07, 6.45) is -1.40. The Kier molecular flexibility index (Phi) is 8.37. The maximum Gasteiger partial charge on any atom is 0.424 e. The van der Waals surface area contributed by atoms with Crippen molar-refractivity contribution in [3.05, 3.63) is 90.5 Å². The van der Waals surface area contributed by atoms with Crippen LogP contribution in [0, 0.1) is 0 Å². The lowest BCUT2D eigenvalue weighted by molar-refractivity contribution is -0.117. The van der Waals surface area contributed by atoms with Gasteiger partial charge in [0.1, 0.15) is 11.4 Å². The predicted molar refractivity (Wildman–Crippen MR) is 137 cm³/mol. The zero-order valence-corrected chi connectivity index (χ0v) is 21.5. The molecule has 1 N–H and O–H groups in total. The van der Waals surface area contributed by atoms with E-state index in [-0.39, 0.29) is 11.3 Å². The monoisotopic (exact) mass is 510 g/mol. The number of sulfonamides is 1. The number of anilines is 1. The standard InChI is InChI=1S/C27H30N2O6S/c1-27(2,3)35-26(31)29(36(32,33)23-13-9-6-10-14-23)24(20-11-7-5-8-12-20)19-25(30)28-21-15-17-22(34-4)18-16-21/h5-18,24H,19H2,1-4H3,(H,28,30). The van der Waals surface area contributed by atoms with Crippen molar-refractivity contribution in [1.82, 2.24) is 4.31 Å². The van der Waals surface area contributed by atoms with Crippen molar-refractivity contribution in [2.24, 2.45) is 0 Å². The van der Waals surface area contributed by atoms with Gasteiger partial charge in [0.15, 0.2) is 0 Å². The Bertz CT molecular complexity index is 1270. The second-order valence-electron chi connectivity index (χ2n) is 9.00. The first-order valence-electron chi connectivity index (χ1n) is 11.3. The SMILES string of the molecule is COc1ccc(NC(=O)CC(c2ccccc2)N(C(=O)OC(C)(C)C)S(=O)(=O)c2ccccc2)cc1.